The Bertz CT molecular complexity index is 1610. The Morgan fingerprint density at radius 3 is 2.65 bits per heavy atom. The summed E-state index contributed by atoms with van der Waals surface area (Å²) in [5.74, 6) is -1.07. The first-order chi connectivity index (χ1) is 19.2. The van der Waals surface area contributed by atoms with Crippen LogP contribution in [-0.4, -0.2) is 37.0 Å². The quantitative estimate of drug-likeness (QED) is 0.310. The van der Waals surface area contributed by atoms with Crippen molar-refractivity contribution < 1.29 is 13.6 Å². The molecule has 4 N–H and O–H groups in total. The van der Waals surface area contributed by atoms with Crippen molar-refractivity contribution in [1.29, 1.82) is 5.26 Å². The molecule has 1 aliphatic carbocycles. The van der Waals surface area contributed by atoms with Crippen LogP contribution in [-0.2, 0) is 7.05 Å². The fourth-order valence-corrected chi connectivity index (χ4v) is 5.33. The predicted molar refractivity (Wildman–Crippen MR) is 145 cm³/mol. The Kier molecular flexibility index (Phi) is 7.55. The number of nitriles is 1. The zero-order chi connectivity index (χ0) is 28.4. The van der Waals surface area contributed by atoms with E-state index in [2.05, 4.69) is 41.2 Å². The number of nitrogens with two attached hydrogens (primary N) is 1. The second-order valence-electron chi connectivity index (χ2n) is 10.2. The lowest BCUT2D eigenvalue weighted by molar-refractivity contribution is 0.0935. The molecule has 10 nitrogen and oxygen atoms in total. The maximum absolute atomic E-state index is 13.7. The number of nitrogen functional groups attached to an aromatic ring is 1. The van der Waals surface area contributed by atoms with Gasteiger partial charge in [0.25, 0.3) is 5.91 Å². The van der Waals surface area contributed by atoms with Gasteiger partial charge in [-0.1, -0.05) is 6.07 Å². The summed E-state index contributed by atoms with van der Waals surface area (Å²) in [5.41, 5.74) is 8.43. The highest BCUT2D eigenvalue weighted by Crippen LogP contribution is 2.38. The Morgan fingerprint density at radius 1 is 1.18 bits per heavy atom. The Labute approximate surface area is 229 Å². The van der Waals surface area contributed by atoms with Gasteiger partial charge in [0.15, 0.2) is 28.8 Å². The minimum atomic E-state index is -1.000. The molecule has 0 aliphatic heterocycles. The van der Waals surface area contributed by atoms with Gasteiger partial charge in [0.05, 0.1) is 17.6 Å². The zero-order valence-corrected chi connectivity index (χ0v) is 22.2. The van der Waals surface area contributed by atoms with Crippen molar-refractivity contribution in [2.24, 2.45) is 13.0 Å². The lowest BCUT2D eigenvalue weighted by Gasteiger charge is -2.29. The van der Waals surface area contributed by atoms with Crippen LogP contribution in [0.5, 0.6) is 0 Å². The number of anilines is 2. The van der Waals surface area contributed by atoms with E-state index in [0.717, 1.165) is 48.8 Å². The second kappa shape index (κ2) is 11.2. The van der Waals surface area contributed by atoms with Gasteiger partial charge in [0.1, 0.15) is 23.9 Å². The van der Waals surface area contributed by atoms with E-state index in [1.54, 1.807) is 6.92 Å². The van der Waals surface area contributed by atoms with E-state index in [0.29, 0.717) is 29.8 Å². The van der Waals surface area contributed by atoms with E-state index in [9.17, 15) is 18.8 Å². The lowest BCUT2D eigenvalue weighted by atomic mass is 9.80. The Hall–Kier alpha value is -4.66. The fraction of sp³-hybridized carbons (Fsp3) is 0.357. The van der Waals surface area contributed by atoms with E-state index in [1.807, 2.05) is 13.1 Å². The zero-order valence-electron chi connectivity index (χ0n) is 22.2. The summed E-state index contributed by atoms with van der Waals surface area (Å²) >= 11 is 0. The Morgan fingerprint density at radius 2 is 1.95 bits per heavy atom. The molecule has 1 atom stereocenters. The molecule has 206 valence electrons. The SMILES string of the molecule is C[C@H](NC(=O)c1nc(C#N)cnc1NCC1CCC(c2cc3c(N)ncnc3n2C)CC1)c1ccc(F)c(F)c1. The molecule has 12 heteroatoms. The third-order valence-corrected chi connectivity index (χ3v) is 7.61. The maximum atomic E-state index is 13.7. The molecular weight excluding hydrogens is 516 g/mol. The molecule has 0 saturated heterocycles. The first kappa shape index (κ1) is 26.9. The highest BCUT2D eigenvalue weighted by atomic mass is 19.2. The van der Waals surface area contributed by atoms with E-state index >= 15 is 0 Å². The molecular formula is C28H29F2N9O. The van der Waals surface area contributed by atoms with Gasteiger partial charge in [-0.05, 0) is 68.2 Å². The third-order valence-electron chi connectivity index (χ3n) is 7.61. The average Bonchev–Trinajstić information content (AvgIpc) is 3.31. The van der Waals surface area contributed by atoms with Crippen LogP contribution in [0.2, 0.25) is 0 Å². The van der Waals surface area contributed by atoms with E-state index in [4.69, 9.17) is 5.73 Å². The van der Waals surface area contributed by atoms with Gasteiger partial charge in [0, 0.05) is 19.3 Å². The number of carbonyl (C=O) groups excluding carboxylic acids is 1. The van der Waals surface area contributed by atoms with Crippen molar-refractivity contribution in [2.75, 3.05) is 17.6 Å². The molecule has 0 spiro atoms. The summed E-state index contributed by atoms with van der Waals surface area (Å²) in [5, 5.41) is 16.1. The topological polar surface area (TPSA) is 147 Å². The Balaban J connectivity index is 1.23. The van der Waals surface area contributed by atoms with Gasteiger partial charge in [-0.2, -0.15) is 5.26 Å². The summed E-state index contributed by atoms with van der Waals surface area (Å²) in [6.45, 7) is 2.23. The number of halogens is 2. The number of aromatic nitrogens is 5. The number of fused-ring (bicyclic) bond motifs is 1. The fourth-order valence-electron chi connectivity index (χ4n) is 5.33. The normalized spacial score (nSPS) is 17.8. The van der Waals surface area contributed by atoms with Crippen LogP contribution in [0.15, 0.2) is 36.8 Å². The number of nitrogens with one attached hydrogen (secondary N) is 2. The van der Waals surface area contributed by atoms with Crippen molar-refractivity contribution >= 4 is 28.6 Å². The van der Waals surface area contributed by atoms with Gasteiger partial charge >= 0.3 is 0 Å². The highest BCUT2D eigenvalue weighted by Gasteiger charge is 2.26. The van der Waals surface area contributed by atoms with Crippen LogP contribution < -0.4 is 16.4 Å². The summed E-state index contributed by atoms with van der Waals surface area (Å²) in [4.78, 5) is 30.0. The molecule has 0 radical (unpaired) electrons. The van der Waals surface area contributed by atoms with Gasteiger partial charge in [-0.15, -0.1) is 0 Å². The molecule has 0 unspecified atom stereocenters. The van der Waals surface area contributed by atoms with Crippen LogP contribution >= 0.6 is 0 Å². The molecule has 1 saturated carbocycles. The molecule has 4 aromatic rings. The lowest BCUT2D eigenvalue weighted by Crippen LogP contribution is -2.30. The first-order valence-electron chi connectivity index (χ1n) is 13.1. The van der Waals surface area contributed by atoms with E-state index in [-0.39, 0.29) is 17.2 Å². The van der Waals surface area contributed by atoms with Crippen LogP contribution in [0.1, 0.15) is 72.0 Å². The molecule has 3 heterocycles. The molecule has 5 rings (SSSR count). The molecule has 0 bridgehead atoms. The van der Waals surface area contributed by atoms with Crippen molar-refractivity contribution in [2.45, 2.75) is 44.6 Å². The monoisotopic (exact) mass is 545 g/mol. The van der Waals surface area contributed by atoms with Crippen molar-refractivity contribution in [3.05, 3.63) is 71.1 Å². The number of carbonyl (C=O) groups is 1. The molecule has 1 fully saturated rings. The minimum Gasteiger partial charge on any atom is -0.383 e. The summed E-state index contributed by atoms with van der Waals surface area (Å²) < 4.78 is 29.1. The maximum Gasteiger partial charge on any atom is 0.274 e. The molecule has 40 heavy (non-hydrogen) atoms. The van der Waals surface area contributed by atoms with Crippen LogP contribution in [0.3, 0.4) is 0 Å². The molecule has 3 aromatic heterocycles. The van der Waals surface area contributed by atoms with E-state index < -0.39 is 23.6 Å². The third kappa shape index (κ3) is 5.40. The molecule has 1 aliphatic rings. The van der Waals surface area contributed by atoms with Crippen LogP contribution in [0.4, 0.5) is 20.4 Å². The van der Waals surface area contributed by atoms with Crippen LogP contribution in [0, 0.1) is 28.9 Å². The number of benzene rings is 1. The largest absolute Gasteiger partial charge is 0.383 e. The van der Waals surface area contributed by atoms with Crippen molar-refractivity contribution in [3.8, 4) is 6.07 Å². The second-order valence-corrected chi connectivity index (χ2v) is 10.2. The first-order valence-corrected chi connectivity index (χ1v) is 13.1. The highest BCUT2D eigenvalue weighted by molar-refractivity contribution is 5.97. The summed E-state index contributed by atoms with van der Waals surface area (Å²) in [7, 11) is 2.00. The van der Waals surface area contributed by atoms with Gasteiger partial charge in [0.2, 0.25) is 0 Å². The standard InChI is InChI=1S/C28H29F2N9O/c1-15(18-7-8-21(29)22(30)9-18)37-28(40)24-26(34-13-19(11-31)38-24)33-12-16-3-5-17(6-4-16)23-10-20-25(32)35-14-36-27(20)39(23)2/h7-10,13-17H,3-6,12H2,1-2H3,(H,33,34)(H,37,40)(H2,32,35,36)/t15-,16?,17?/m0/s1. The number of amides is 1. The van der Waals surface area contributed by atoms with Crippen molar-refractivity contribution in [1.82, 2.24) is 29.8 Å². The van der Waals surface area contributed by atoms with Gasteiger partial charge < -0.3 is 20.9 Å². The number of rotatable bonds is 7. The van der Waals surface area contributed by atoms with Gasteiger partial charge in [-0.25, -0.2) is 28.7 Å². The molecule has 1 amide bonds. The average molecular weight is 546 g/mol. The van der Waals surface area contributed by atoms with E-state index in [1.165, 1.54) is 24.3 Å². The smallest absolute Gasteiger partial charge is 0.274 e. The minimum absolute atomic E-state index is 0.00281. The number of aryl methyl sites for hydroxylation is 1. The predicted octanol–water partition coefficient (Wildman–Crippen LogP) is 4.37. The summed E-state index contributed by atoms with van der Waals surface area (Å²) in [6, 6.07) is 6.80. The number of hydrogen-bond acceptors (Lipinski definition) is 8. The summed E-state index contributed by atoms with van der Waals surface area (Å²) in [6.07, 6.45) is 6.71. The van der Waals surface area contributed by atoms with Crippen molar-refractivity contribution in [3.63, 3.8) is 0 Å². The van der Waals surface area contributed by atoms with Gasteiger partial charge in [-0.3, -0.25) is 4.79 Å². The molecule has 1 aromatic carbocycles. The number of hydrogen-bond donors (Lipinski definition) is 3. The van der Waals surface area contributed by atoms with Crippen LogP contribution in [0.25, 0.3) is 11.0 Å². The number of nitrogens with zero attached hydrogens (tertiary/aromatic N) is 6.